The number of carboxylic acid groups (broad SMARTS) is 1. The van der Waals surface area contributed by atoms with Crippen LogP contribution in [0.15, 0.2) is 30.3 Å². The van der Waals surface area contributed by atoms with Crippen LogP contribution < -0.4 is 0 Å². The lowest BCUT2D eigenvalue weighted by Crippen LogP contribution is -2.41. The maximum absolute atomic E-state index is 12.0. The van der Waals surface area contributed by atoms with Gasteiger partial charge in [0.25, 0.3) is 0 Å². The highest BCUT2D eigenvalue weighted by Gasteiger charge is 2.22. The molecule has 0 radical (unpaired) electrons. The molecule has 0 saturated heterocycles. The lowest BCUT2D eigenvalue weighted by atomic mass is 10.0. The summed E-state index contributed by atoms with van der Waals surface area (Å²) in [5, 5.41) is 9.04. The van der Waals surface area contributed by atoms with Crippen LogP contribution in [0.5, 0.6) is 0 Å². The molecule has 1 atom stereocenters. The van der Waals surface area contributed by atoms with Crippen molar-refractivity contribution in [2.45, 2.75) is 39.2 Å². The second-order valence-electron chi connectivity index (χ2n) is 5.37. The minimum atomic E-state index is -0.983. The number of likely N-dealkylation sites (N-methyl/N-ethyl adjacent to an activating group) is 1. The van der Waals surface area contributed by atoms with Crippen molar-refractivity contribution < 1.29 is 14.7 Å². The molecular formula is C17H23NO3. The van der Waals surface area contributed by atoms with E-state index in [0.717, 1.165) is 5.56 Å². The van der Waals surface area contributed by atoms with Crippen molar-refractivity contribution in [3.63, 3.8) is 0 Å². The largest absolute Gasteiger partial charge is 0.480 e. The van der Waals surface area contributed by atoms with Crippen molar-refractivity contribution in [2.75, 3.05) is 7.05 Å². The van der Waals surface area contributed by atoms with Gasteiger partial charge in [-0.1, -0.05) is 45.0 Å². The van der Waals surface area contributed by atoms with Gasteiger partial charge in [-0.05, 0) is 29.5 Å². The molecule has 0 aromatic heterocycles. The predicted octanol–water partition coefficient (Wildman–Crippen LogP) is 3.14. The van der Waals surface area contributed by atoms with Crippen LogP contribution in [-0.4, -0.2) is 35.0 Å². The summed E-state index contributed by atoms with van der Waals surface area (Å²) in [4.78, 5) is 24.3. The van der Waals surface area contributed by atoms with Gasteiger partial charge in [0.1, 0.15) is 6.04 Å². The topological polar surface area (TPSA) is 57.6 Å². The second kappa shape index (κ2) is 7.62. The van der Waals surface area contributed by atoms with Crippen LogP contribution in [0.2, 0.25) is 0 Å². The summed E-state index contributed by atoms with van der Waals surface area (Å²) in [6.45, 7) is 6.00. The van der Waals surface area contributed by atoms with Gasteiger partial charge < -0.3 is 10.0 Å². The maximum Gasteiger partial charge on any atom is 0.326 e. The molecule has 21 heavy (non-hydrogen) atoms. The van der Waals surface area contributed by atoms with Crippen LogP contribution in [0.1, 0.15) is 44.2 Å². The summed E-state index contributed by atoms with van der Waals surface area (Å²) < 4.78 is 0. The number of amides is 1. The molecule has 4 nitrogen and oxygen atoms in total. The fourth-order valence-corrected chi connectivity index (χ4v) is 2.04. The fraction of sp³-hybridized carbons (Fsp3) is 0.412. The number of carbonyl (C=O) groups is 2. The van der Waals surface area contributed by atoms with Crippen LogP contribution in [0.4, 0.5) is 0 Å². The van der Waals surface area contributed by atoms with E-state index in [2.05, 4.69) is 13.8 Å². The van der Waals surface area contributed by atoms with E-state index in [-0.39, 0.29) is 5.91 Å². The zero-order valence-electron chi connectivity index (χ0n) is 13.0. The maximum atomic E-state index is 12.0. The van der Waals surface area contributed by atoms with E-state index in [4.69, 9.17) is 5.11 Å². The van der Waals surface area contributed by atoms with Crippen molar-refractivity contribution in [3.8, 4) is 0 Å². The Balaban J connectivity index is 2.75. The van der Waals surface area contributed by atoms with E-state index in [0.29, 0.717) is 12.3 Å². The quantitative estimate of drug-likeness (QED) is 0.818. The summed E-state index contributed by atoms with van der Waals surface area (Å²) in [5.74, 6) is -0.822. The molecule has 0 heterocycles. The molecule has 0 saturated carbocycles. The molecule has 0 spiro atoms. The van der Waals surface area contributed by atoms with Gasteiger partial charge in [0.15, 0.2) is 0 Å². The van der Waals surface area contributed by atoms with E-state index >= 15 is 0 Å². The molecule has 0 aliphatic heterocycles. The van der Waals surface area contributed by atoms with Gasteiger partial charge in [0.2, 0.25) is 5.91 Å². The fourth-order valence-electron chi connectivity index (χ4n) is 2.04. The first-order chi connectivity index (χ1) is 9.86. The number of nitrogens with zero attached hydrogens (tertiary/aromatic N) is 1. The molecule has 1 aromatic carbocycles. The average Bonchev–Trinajstić information content (AvgIpc) is 2.45. The summed E-state index contributed by atoms with van der Waals surface area (Å²) in [6, 6.07) is 7.18. The Morgan fingerprint density at radius 2 is 1.81 bits per heavy atom. The Hall–Kier alpha value is -2.10. The summed E-state index contributed by atoms with van der Waals surface area (Å²) in [7, 11) is 1.51. The normalized spacial score (nSPS) is 12.6. The molecule has 0 fully saturated rings. The third kappa shape index (κ3) is 4.74. The second-order valence-corrected chi connectivity index (χ2v) is 5.37. The van der Waals surface area contributed by atoms with Gasteiger partial charge in [-0.15, -0.1) is 0 Å². The highest BCUT2D eigenvalue weighted by Crippen LogP contribution is 2.15. The highest BCUT2D eigenvalue weighted by molar-refractivity contribution is 5.94. The minimum Gasteiger partial charge on any atom is -0.480 e. The van der Waals surface area contributed by atoms with Crippen molar-refractivity contribution in [1.29, 1.82) is 0 Å². The van der Waals surface area contributed by atoms with Gasteiger partial charge in [0, 0.05) is 13.1 Å². The van der Waals surface area contributed by atoms with Gasteiger partial charge in [-0.3, -0.25) is 4.79 Å². The molecule has 4 heteroatoms. The number of carboxylic acids is 1. The zero-order valence-corrected chi connectivity index (χ0v) is 13.0. The minimum absolute atomic E-state index is 0.308. The molecule has 1 N–H and O–H groups in total. The van der Waals surface area contributed by atoms with Gasteiger partial charge >= 0.3 is 5.97 Å². The van der Waals surface area contributed by atoms with Crippen LogP contribution in [0, 0.1) is 0 Å². The molecule has 1 rings (SSSR count). The smallest absolute Gasteiger partial charge is 0.326 e. The molecule has 1 aromatic rings. The number of hydrogen-bond donors (Lipinski definition) is 1. The van der Waals surface area contributed by atoms with Gasteiger partial charge in [-0.25, -0.2) is 4.79 Å². The Bertz CT molecular complexity index is 517. The van der Waals surface area contributed by atoms with E-state index in [1.165, 1.54) is 23.6 Å². The first-order valence-corrected chi connectivity index (χ1v) is 7.14. The lowest BCUT2D eigenvalue weighted by Gasteiger charge is -2.22. The van der Waals surface area contributed by atoms with Crippen molar-refractivity contribution in [3.05, 3.63) is 41.5 Å². The number of benzene rings is 1. The predicted molar refractivity (Wildman–Crippen MR) is 84.0 cm³/mol. The summed E-state index contributed by atoms with van der Waals surface area (Å²) in [6.07, 6.45) is 3.50. The summed E-state index contributed by atoms with van der Waals surface area (Å²) in [5.41, 5.74) is 2.16. The highest BCUT2D eigenvalue weighted by atomic mass is 16.4. The average molecular weight is 289 g/mol. The van der Waals surface area contributed by atoms with Crippen LogP contribution >= 0.6 is 0 Å². The summed E-state index contributed by atoms with van der Waals surface area (Å²) >= 11 is 0. The van der Waals surface area contributed by atoms with Crippen molar-refractivity contribution in [2.24, 2.45) is 0 Å². The standard InChI is InChI=1S/C17H23NO3/c1-5-15(17(20)21)18(4)16(19)11-8-13-6-9-14(10-7-13)12(2)3/h6-12,15H,5H2,1-4H3,(H,20,21). The van der Waals surface area contributed by atoms with E-state index < -0.39 is 12.0 Å². The monoisotopic (exact) mass is 289 g/mol. The van der Waals surface area contributed by atoms with E-state index in [1.54, 1.807) is 13.0 Å². The van der Waals surface area contributed by atoms with Gasteiger partial charge in [-0.2, -0.15) is 0 Å². The van der Waals surface area contributed by atoms with Crippen molar-refractivity contribution >= 4 is 18.0 Å². The number of aliphatic carboxylic acids is 1. The molecule has 1 amide bonds. The zero-order chi connectivity index (χ0) is 16.0. The molecule has 1 unspecified atom stereocenters. The SMILES string of the molecule is CCC(C(=O)O)N(C)C(=O)C=Cc1ccc(C(C)C)cc1. The molecule has 0 aliphatic rings. The molecule has 114 valence electrons. The third-order valence-electron chi connectivity index (χ3n) is 3.51. The number of rotatable bonds is 6. The Morgan fingerprint density at radius 1 is 1.24 bits per heavy atom. The Kier molecular flexibility index (Phi) is 6.15. The third-order valence-corrected chi connectivity index (χ3v) is 3.51. The van der Waals surface area contributed by atoms with Crippen molar-refractivity contribution in [1.82, 2.24) is 4.90 Å². The number of carbonyl (C=O) groups excluding carboxylic acids is 1. The first-order valence-electron chi connectivity index (χ1n) is 7.14. The van der Waals surface area contributed by atoms with E-state index in [1.807, 2.05) is 24.3 Å². The van der Waals surface area contributed by atoms with Crippen LogP contribution in [-0.2, 0) is 9.59 Å². The Labute approximate surface area is 126 Å². The lowest BCUT2D eigenvalue weighted by molar-refractivity contribution is -0.147. The molecular weight excluding hydrogens is 266 g/mol. The number of hydrogen-bond acceptors (Lipinski definition) is 2. The first kappa shape index (κ1) is 17.0. The van der Waals surface area contributed by atoms with Crippen LogP contribution in [0.3, 0.4) is 0 Å². The molecule has 0 aliphatic carbocycles. The Morgan fingerprint density at radius 3 is 2.24 bits per heavy atom. The molecule has 0 bridgehead atoms. The van der Waals surface area contributed by atoms with Crippen LogP contribution in [0.25, 0.3) is 6.08 Å². The van der Waals surface area contributed by atoms with Gasteiger partial charge in [0.05, 0.1) is 0 Å². The van der Waals surface area contributed by atoms with E-state index in [9.17, 15) is 9.59 Å².